The van der Waals surface area contributed by atoms with E-state index in [-0.39, 0.29) is 42.1 Å². The molecular weight excluding hydrogens is 327 g/mol. The van der Waals surface area contributed by atoms with Gasteiger partial charge >= 0.3 is 41.5 Å². The Labute approximate surface area is 169 Å². The summed E-state index contributed by atoms with van der Waals surface area (Å²) in [6, 6.07) is 23.7. The van der Waals surface area contributed by atoms with Crippen LogP contribution < -0.4 is 39.0 Å². The summed E-state index contributed by atoms with van der Waals surface area (Å²) in [6.07, 6.45) is 0. The van der Waals surface area contributed by atoms with Gasteiger partial charge in [-0.15, -0.1) is 0 Å². The van der Waals surface area contributed by atoms with Gasteiger partial charge in [0, 0.05) is 0 Å². The molecule has 0 bridgehead atoms. The standard InChI is InChI=1S/C20H14O4.Na.H/c21-19(23-17-10-3-1-4-11-17)15-8-7-9-16(14-15)20(22)24-18-12-5-2-6-13-18;;/h1-14H;;/q;+1;-1. The van der Waals surface area contributed by atoms with Crippen molar-refractivity contribution in [3.63, 3.8) is 0 Å². The summed E-state index contributed by atoms with van der Waals surface area (Å²) in [5.41, 5.74) is 0.558. The van der Waals surface area contributed by atoms with Crippen molar-refractivity contribution >= 4 is 11.9 Å². The fourth-order valence-corrected chi connectivity index (χ4v) is 2.08. The molecule has 120 valence electrons. The van der Waals surface area contributed by atoms with E-state index in [1.54, 1.807) is 66.7 Å². The Morgan fingerprint density at radius 2 is 1.00 bits per heavy atom. The third kappa shape index (κ3) is 5.29. The van der Waals surface area contributed by atoms with Gasteiger partial charge in [0.1, 0.15) is 11.5 Å². The first kappa shape index (κ1) is 18.9. The summed E-state index contributed by atoms with van der Waals surface area (Å²) >= 11 is 0. The molecule has 0 aliphatic rings. The minimum absolute atomic E-state index is 0. The number of carbonyl (C=O) groups excluding carboxylic acids is 2. The summed E-state index contributed by atoms with van der Waals surface area (Å²) in [5, 5.41) is 0. The van der Waals surface area contributed by atoms with Crippen LogP contribution in [0, 0.1) is 0 Å². The van der Waals surface area contributed by atoms with Crippen LogP contribution in [0.4, 0.5) is 0 Å². The average Bonchev–Trinajstić information content (AvgIpc) is 2.63. The van der Waals surface area contributed by atoms with Gasteiger partial charge in [-0.05, 0) is 42.5 Å². The van der Waals surface area contributed by atoms with Crippen molar-refractivity contribution in [2.75, 3.05) is 0 Å². The first-order valence-electron chi connectivity index (χ1n) is 7.37. The maximum absolute atomic E-state index is 12.2. The van der Waals surface area contributed by atoms with Gasteiger partial charge in [0.05, 0.1) is 11.1 Å². The van der Waals surface area contributed by atoms with Crippen molar-refractivity contribution in [2.24, 2.45) is 0 Å². The summed E-state index contributed by atoms with van der Waals surface area (Å²) in [5.74, 6) is -0.175. The van der Waals surface area contributed by atoms with E-state index in [2.05, 4.69) is 0 Å². The van der Waals surface area contributed by atoms with E-state index in [1.165, 1.54) is 6.07 Å². The van der Waals surface area contributed by atoms with E-state index in [0.717, 1.165) is 0 Å². The zero-order chi connectivity index (χ0) is 16.8. The van der Waals surface area contributed by atoms with E-state index in [1.807, 2.05) is 12.1 Å². The maximum Gasteiger partial charge on any atom is 1.00 e. The third-order valence-corrected chi connectivity index (χ3v) is 3.24. The molecule has 0 spiro atoms. The molecule has 0 aliphatic carbocycles. The molecule has 25 heavy (non-hydrogen) atoms. The molecule has 0 aromatic heterocycles. The molecular formula is C20H15NaO4. The molecule has 3 aromatic rings. The van der Waals surface area contributed by atoms with Crippen LogP contribution in [-0.4, -0.2) is 11.9 Å². The second kappa shape index (κ2) is 9.18. The maximum atomic E-state index is 12.2. The van der Waals surface area contributed by atoms with Crippen LogP contribution in [0.25, 0.3) is 0 Å². The van der Waals surface area contributed by atoms with Gasteiger partial charge in [0.2, 0.25) is 0 Å². The fraction of sp³-hybridized carbons (Fsp3) is 0. The number of rotatable bonds is 4. The van der Waals surface area contributed by atoms with Crippen molar-refractivity contribution < 1.29 is 50.0 Å². The van der Waals surface area contributed by atoms with Crippen LogP contribution in [0.15, 0.2) is 84.9 Å². The molecule has 0 amide bonds. The first-order chi connectivity index (χ1) is 11.7. The number of ether oxygens (including phenoxy) is 2. The number of hydrogen-bond acceptors (Lipinski definition) is 4. The van der Waals surface area contributed by atoms with Crippen LogP contribution in [0.5, 0.6) is 11.5 Å². The molecule has 4 nitrogen and oxygen atoms in total. The van der Waals surface area contributed by atoms with Gasteiger partial charge in [-0.1, -0.05) is 42.5 Å². The Balaban J connectivity index is 0.00000169. The largest absolute Gasteiger partial charge is 1.00 e. The minimum Gasteiger partial charge on any atom is -1.00 e. The normalized spacial score (nSPS) is 9.60. The molecule has 3 aromatic carbocycles. The summed E-state index contributed by atoms with van der Waals surface area (Å²) in [4.78, 5) is 24.3. The Bertz CT molecular complexity index is 785. The van der Waals surface area contributed by atoms with Crippen molar-refractivity contribution in [1.29, 1.82) is 0 Å². The number of hydrogen-bond donors (Lipinski definition) is 0. The SMILES string of the molecule is O=C(Oc1ccccc1)c1cccc(C(=O)Oc2ccccc2)c1.[H-].[Na+]. The van der Waals surface area contributed by atoms with E-state index < -0.39 is 11.9 Å². The van der Waals surface area contributed by atoms with Gasteiger partial charge in [-0.25, -0.2) is 9.59 Å². The Morgan fingerprint density at radius 3 is 1.40 bits per heavy atom. The van der Waals surface area contributed by atoms with Crippen molar-refractivity contribution in [3.8, 4) is 11.5 Å². The molecule has 5 heteroatoms. The molecule has 0 aliphatic heterocycles. The van der Waals surface area contributed by atoms with Crippen LogP contribution in [-0.2, 0) is 0 Å². The predicted molar refractivity (Wildman–Crippen MR) is 90.4 cm³/mol. The monoisotopic (exact) mass is 342 g/mol. The molecule has 0 radical (unpaired) electrons. The second-order valence-corrected chi connectivity index (χ2v) is 4.99. The van der Waals surface area contributed by atoms with E-state index in [0.29, 0.717) is 11.5 Å². The summed E-state index contributed by atoms with van der Waals surface area (Å²) in [7, 11) is 0. The molecule has 0 unspecified atom stereocenters. The van der Waals surface area contributed by atoms with Crippen molar-refractivity contribution in [2.45, 2.75) is 0 Å². The quantitative estimate of drug-likeness (QED) is 0.407. The van der Waals surface area contributed by atoms with Crippen LogP contribution in [0.3, 0.4) is 0 Å². The topological polar surface area (TPSA) is 52.6 Å². The zero-order valence-corrected chi connectivity index (χ0v) is 15.7. The molecule has 0 atom stereocenters. The zero-order valence-electron chi connectivity index (χ0n) is 14.7. The van der Waals surface area contributed by atoms with Gasteiger partial charge in [0.15, 0.2) is 0 Å². The predicted octanol–water partition coefficient (Wildman–Crippen LogP) is 1.24. The number of benzene rings is 3. The van der Waals surface area contributed by atoms with Gasteiger partial charge in [0.25, 0.3) is 0 Å². The van der Waals surface area contributed by atoms with E-state index >= 15 is 0 Å². The molecule has 3 rings (SSSR count). The molecule has 0 saturated heterocycles. The fourth-order valence-electron chi connectivity index (χ4n) is 2.08. The molecule has 0 N–H and O–H groups in total. The molecule has 0 heterocycles. The van der Waals surface area contributed by atoms with Crippen molar-refractivity contribution in [1.82, 2.24) is 0 Å². The Hall–Kier alpha value is -2.40. The molecule has 0 saturated carbocycles. The van der Waals surface area contributed by atoms with Gasteiger partial charge in [-0.2, -0.15) is 0 Å². The van der Waals surface area contributed by atoms with E-state index in [4.69, 9.17) is 9.47 Å². The van der Waals surface area contributed by atoms with Gasteiger partial charge in [-0.3, -0.25) is 0 Å². The van der Waals surface area contributed by atoms with Crippen molar-refractivity contribution in [3.05, 3.63) is 96.1 Å². The Kier molecular flexibility index (Phi) is 6.95. The minimum atomic E-state index is -0.532. The number of carbonyl (C=O) groups is 2. The second-order valence-electron chi connectivity index (χ2n) is 4.99. The summed E-state index contributed by atoms with van der Waals surface area (Å²) < 4.78 is 10.5. The Morgan fingerprint density at radius 1 is 0.600 bits per heavy atom. The number of esters is 2. The van der Waals surface area contributed by atoms with Gasteiger partial charge < -0.3 is 10.9 Å². The average molecular weight is 342 g/mol. The van der Waals surface area contributed by atoms with Crippen LogP contribution in [0.2, 0.25) is 0 Å². The number of para-hydroxylation sites is 2. The third-order valence-electron chi connectivity index (χ3n) is 3.24. The van der Waals surface area contributed by atoms with E-state index in [9.17, 15) is 9.59 Å². The van der Waals surface area contributed by atoms with Crippen LogP contribution in [0.1, 0.15) is 22.1 Å². The molecule has 0 fully saturated rings. The summed E-state index contributed by atoms with van der Waals surface area (Å²) in [6.45, 7) is 0. The van der Waals surface area contributed by atoms with Crippen LogP contribution >= 0.6 is 0 Å². The first-order valence-corrected chi connectivity index (χ1v) is 7.37. The smallest absolute Gasteiger partial charge is 1.00 e.